The normalized spacial score (nSPS) is 16.7. The van der Waals surface area contributed by atoms with Crippen molar-refractivity contribution in [2.45, 2.75) is 25.5 Å². The molecule has 0 N–H and O–H groups in total. The summed E-state index contributed by atoms with van der Waals surface area (Å²) in [5.41, 5.74) is 0. The van der Waals surface area contributed by atoms with Crippen LogP contribution in [0.15, 0.2) is 28.8 Å². The predicted molar refractivity (Wildman–Crippen MR) is 91.4 cm³/mol. The highest BCUT2D eigenvalue weighted by Crippen LogP contribution is 2.30. The summed E-state index contributed by atoms with van der Waals surface area (Å²) in [5, 5.41) is 3.98. The number of benzene rings is 1. The lowest BCUT2D eigenvalue weighted by Gasteiger charge is -2.22. The van der Waals surface area contributed by atoms with Crippen molar-refractivity contribution in [3.63, 3.8) is 0 Å². The van der Waals surface area contributed by atoms with Crippen LogP contribution >= 0.6 is 0 Å². The number of aromatic nitrogens is 2. The van der Waals surface area contributed by atoms with Crippen molar-refractivity contribution in [2.75, 3.05) is 33.5 Å². The molecule has 1 aliphatic rings. The maximum absolute atomic E-state index is 12.9. The number of hydrogen-bond acceptors (Lipinski definition) is 7. The Kier molecular flexibility index (Phi) is 6.72. The van der Waals surface area contributed by atoms with E-state index in [2.05, 4.69) is 10.1 Å². The van der Waals surface area contributed by atoms with Gasteiger partial charge in [-0.3, -0.25) is 4.79 Å². The fourth-order valence-corrected chi connectivity index (χ4v) is 2.86. The van der Waals surface area contributed by atoms with Gasteiger partial charge in [-0.15, -0.1) is 0 Å². The molecule has 1 amide bonds. The summed E-state index contributed by atoms with van der Waals surface area (Å²) in [6.07, 6.45) is 1.60. The molecule has 1 aromatic heterocycles. The maximum Gasteiger partial charge on any atom is 0.261 e. The first-order valence-corrected chi connectivity index (χ1v) is 8.74. The lowest BCUT2D eigenvalue weighted by Crippen LogP contribution is -2.34. The van der Waals surface area contributed by atoms with Gasteiger partial charge in [-0.05, 0) is 37.1 Å². The number of carbonyl (C=O) groups is 1. The number of likely N-dealkylation sites (tertiary alicyclic amines) is 1. The zero-order chi connectivity index (χ0) is 19.1. The van der Waals surface area contributed by atoms with Crippen LogP contribution in [-0.4, -0.2) is 54.4 Å². The first-order valence-electron chi connectivity index (χ1n) is 8.74. The monoisotopic (exact) mass is 379 g/mol. The summed E-state index contributed by atoms with van der Waals surface area (Å²) in [6, 6.07) is 5.30. The zero-order valence-corrected chi connectivity index (χ0v) is 15.1. The molecule has 146 valence electrons. The first-order chi connectivity index (χ1) is 13.2. The minimum atomic E-state index is -0.354. The second-order valence-electron chi connectivity index (χ2n) is 6.08. The van der Waals surface area contributed by atoms with E-state index in [1.165, 1.54) is 24.3 Å². The Morgan fingerprint density at radius 2 is 2.15 bits per heavy atom. The third-order valence-electron chi connectivity index (χ3n) is 4.19. The molecule has 0 aliphatic carbocycles. The topological polar surface area (TPSA) is 86.9 Å². The van der Waals surface area contributed by atoms with Gasteiger partial charge in [0, 0.05) is 13.7 Å². The van der Waals surface area contributed by atoms with Crippen molar-refractivity contribution in [1.82, 2.24) is 15.0 Å². The van der Waals surface area contributed by atoms with Crippen molar-refractivity contribution in [3.8, 4) is 5.75 Å². The van der Waals surface area contributed by atoms with Gasteiger partial charge in [-0.1, -0.05) is 5.16 Å². The number of ether oxygens (including phenoxy) is 3. The largest absolute Gasteiger partial charge is 0.484 e. The molecule has 27 heavy (non-hydrogen) atoms. The van der Waals surface area contributed by atoms with E-state index in [4.69, 9.17) is 18.7 Å². The Hall–Kier alpha value is -2.52. The van der Waals surface area contributed by atoms with E-state index < -0.39 is 0 Å². The fourth-order valence-electron chi connectivity index (χ4n) is 2.86. The van der Waals surface area contributed by atoms with E-state index in [0.717, 1.165) is 12.8 Å². The smallest absolute Gasteiger partial charge is 0.261 e. The van der Waals surface area contributed by atoms with Gasteiger partial charge in [-0.2, -0.15) is 4.98 Å². The van der Waals surface area contributed by atoms with Crippen LogP contribution in [0.4, 0.5) is 4.39 Å². The van der Waals surface area contributed by atoms with Gasteiger partial charge in [0.25, 0.3) is 11.8 Å². The van der Waals surface area contributed by atoms with E-state index in [9.17, 15) is 9.18 Å². The second-order valence-corrected chi connectivity index (χ2v) is 6.08. The SMILES string of the molecule is COCCOCc1nc(C2CCCN2C(=O)COc2ccc(F)cc2)no1. The number of nitrogens with zero attached hydrogens (tertiary/aromatic N) is 3. The molecule has 0 saturated carbocycles. The predicted octanol–water partition coefficient (Wildman–Crippen LogP) is 2.11. The number of hydrogen-bond donors (Lipinski definition) is 0. The van der Waals surface area contributed by atoms with Crippen LogP contribution < -0.4 is 4.74 Å². The first kappa shape index (κ1) is 19.2. The van der Waals surface area contributed by atoms with Crippen molar-refractivity contribution >= 4 is 5.91 Å². The lowest BCUT2D eigenvalue weighted by atomic mass is 10.2. The fraction of sp³-hybridized carbons (Fsp3) is 0.500. The molecule has 8 nitrogen and oxygen atoms in total. The standard InChI is InChI=1S/C18H22FN3O5/c1-24-9-10-25-11-16-20-18(21-27-16)15-3-2-8-22(15)17(23)12-26-14-6-4-13(19)5-7-14/h4-7,15H,2-3,8-12H2,1H3. The maximum atomic E-state index is 12.9. The van der Waals surface area contributed by atoms with Crippen LogP contribution in [-0.2, 0) is 20.9 Å². The number of methoxy groups -OCH3 is 1. The van der Waals surface area contributed by atoms with Gasteiger partial charge in [0.05, 0.1) is 19.3 Å². The molecule has 9 heteroatoms. The van der Waals surface area contributed by atoms with Gasteiger partial charge in [-0.25, -0.2) is 4.39 Å². The minimum absolute atomic E-state index is 0.132. The van der Waals surface area contributed by atoms with Crippen LogP contribution in [0, 0.1) is 5.82 Å². The van der Waals surface area contributed by atoms with Crippen LogP contribution in [0.1, 0.15) is 30.6 Å². The summed E-state index contributed by atoms with van der Waals surface area (Å²) >= 11 is 0. The third-order valence-corrected chi connectivity index (χ3v) is 4.19. The molecular formula is C18H22FN3O5. The summed E-state index contributed by atoms with van der Waals surface area (Å²) in [7, 11) is 1.60. The molecule has 2 heterocycles. The molecule has 1 unspecified atom stereocenters. The molecule has 0 radical (unpaired) electrons. The number of carbonyl (C=O) groups excluding carboxylic acids is 1. The zero-order valence-electron chi connectivity index (χ0n) is 15.1. The molecule has 1 aliphatic heterocycles. The van der Waals surface area contributed by atoms with Crippen molar-refractivity contribution in [2.24, 2.45) is 0 Å². The van der Waals surface area contributed by atoms with Crippen molar-refractivity contribution in [3.05, 3.63) is 41.8 Å². The Balaban J connectivity index is 1.54. The molecule has 1 fully saturated rings. The van der Waals surface area contributed by atoms with Crippen LogP contribution in [0.3, 0.4) is 0 Å². The molecule has 1 saturated heterocycles. The molecule has 1 aromatic carbocycles. The molecule has 3 rings (SSSR count). The summed E-state index contributed by atoms with van der Waals surface area (Å²) in [4.78, 5) is 18.5. The summed E-state index contributed by atoms with van der Waals surface area (Å²) in [6.45, 7) is 1.59. The van der Waals surface area contributed by atoms with Gasteiger partial charge >= 0.3 is 0 Å². The van der Waals surface area contributed by atoms with Gasteiger partial charge < -0.3 is 23.6 Å². The molecule has 1 atom stereocenters. The molecular weight excluding hydrogens is 357 g/mol. The minimum Gasteiger partial charge on any atom is -0.484 e. The van der Waals surface area contributed by atoms with Gasteiger partial charge in [0.15, 0.2) is 12.4 Å². The number of amides is 1. The Morgan fingerprint density at radius 3 is 2.93 bits per heavy atom. The highest BCUT2D eigenvalue weighted by molar-refractivity contribution is 5.78. The van der Waals surface area contributed by atoms with Crippen LogP contribution in [0.5, 0.6) is 5.75 Å². The lowest BCUT2D eigenvalue weighted by molar-refractivity contribution is -0.134. The van der Waals surface area contributed by atoms with E-state index in [-0.39, 0.29) is 31.0 Å². The van der Waals surface area contributed by atoms with Gasteiger partial charge in [0.1, 0.15) is 18.2 Å². The average molecular weight is 379 g/mol. The van der Waals surface area contributed by atoms with Gasteiger partial charge in [0.2, 0.25) is 0 Å². The van der Waals surface area contributed by atoms with E-state index in [0.29, 0.717) is 37.2 Å². The highest BCUT2D eigenvalue weighted by atomic mass is 19.1. The number of halogens is 1. The van der Waals surface area contributed by atoms with Crippen LogP contribution in [0.2, 0.25) is 0 Å². The average Bonchev–Trinajstić information content (AvgIpc) is 3.33. The highest BCUT2D eigenvalue weighted by Gasteiger charge is 2.33. The van der Waals surface area contributed by atoms with Crippen LogP contribution in [0.25, 0.3) is 0 Å². The van der Waals surface area contributed by atoms with Crippen molar-refractivity contribution < 1.29 is 27.9 Å². The Labute approximate surface area is 156 Å². The molecule has 0 bridgehead atoms. The third kappa shape index (κ3) is 5.24. The van der Waals surface area contributed by atoms with E-state index in [1.807, 2.05) is 0 Å². The Bertz CT molecular complexity index is 737. The van der Waals surface area contributed by atoms with Crippen molar-refractivity contribution in [1.29, 1.82) is 0 Å². The summed E-state index contributed by atoms with van der Waals surface area (Å²) in [5.74, 6) is 0.739. The molecule has 2 aromatic rings. The van der Waals surface area contributed by atoms with E-state index >= 15 is 0 Å². The quantitative estimate of drug-likeness (QED) is 0.617. The number of rotatable bonds is 9. The molecule has 0 spiro atoms. The Morgan fingerprint density at radius 1 is 1.33 bits per heavy atom. The second kappa shape index (κ2) is 9.43. The summed E-state index contributed by atoms with van der Waals surface area (Å²) < 4.78 is 33.8. The van der Waals surface area contributed by atoms with E-state index in [1.54, 1.807) is 12.0 Å².